The Bertz CT molecular complexity index is 732. The summed E-state index contributed by atoms with van der Waals surface area (Å²) in [6.45, 7) is -0.0479. The van der Waals surface area contributed by atoms with E-state index in [0.717, 1.165) is 11.1 Å². The van der Waals surface area contributed by atoms with Gasteiger partial charge < -0.3 is 24.7 Å². The van der Waals surface area contributed by atoms with Gasteiger partial charge in [0.1, 0.15) is 19.3 Å². The lowest BCUT2D eigenvalue weighted by Gasteiger charge is -2.18. The topological polar surface area (TPSA) is 105 Å². The number of carbonyl (C=O) groups is 3. The number of hydrogen-bond acceptors (Lipinski definition) is 6. The standard InChI is InChI=1S/C19H19NO6/c21-17(22)11-16(18(23)25-12-14-7-3-1-4-8-14)20-19(24)26-13-15-9-5-2-6-10-15/h1-10,16H,11-13H2,(H,20,24)(H,21,22)/p-1. The van der Waals surface area contributed by atoms with Gasteiger partial charge >= 0.3 is 12.1 Å². The molecule has 0 aliphatic rings. The maximum Gasteiger partial charge on any atom is 0.408 e. The zero-order valence-corrected chi connectivity index (χ0v) is 13.9. The van der Waals surface area contributed by atoms with Gasteiger partial charge in [0.15, 0.2) is 0 Å². The van der Waals surface area contributed by atoms with Crippen molar-refractivity contribution in [1.29, 1.82) is 0 Å². The Hall–Kier alpha value is -3.35. The van der Waals surface area contributed by atoms with E-state index in [2.05, 4.69) is 5.32 Å². The van der Waals surface area contributed by atoms with Gasteiger partial charge in [0, 0.05) is 12.4 Å². The Labute approximate surface area is 150 Å². The number of amides is 1. The van der Waals surface area contributed by atoms with Gasteiger partial charge in [-0.15, -0.1) is 0 Å². The van der Waals surface area contributed by atoms with E-state index in [1.165, 1.54) is 0 Å². The minimum atomic E-state index is -1.49. The van der Waals surface area contributed by atoms with Crippen molar-refractivity contribution < 1.29 is 29.0 Å². The lowest BCUT2D eigenvalue weighted by atomic mass is 10.2. The van der Waals surface area contributed by atoms with Crippen molar-refractivity contribution in [3.05, 3.63) is 71.8 Å². The first-order chi connectivity index (χ1) is 12.5. The van der Waals surface area contributed by atoms with Crippen LogP contribution in [-0.4, -0.2) is 24.1 Å². The molecule has 0 aromatic heterocycles. The number of nitrogens with one attached hydrogen (secondary N) is 1. The predicted molar refractivity (Wildman–Crippen MR) is 89.4 cm³/mol. The monoisotopic (exact) mass is 356 g/mol. The number of benzene rings is 2. The Balaban J connectivity index is 1.87. The second-order valence-electron chi connectivity index (χ2n) is 5.43. The van der Waals surface area contributed by atoms with Crippen molar-refractivity contribution in [3.63, 3.8) is 0 Å². The largest absolute Gasteiger partial charge is 0.550 e. The highest BCUT2D eigenvalue weighted by atomic mass is 16.6. The van der Waals surface area contributed by atoms with Gasteiger partial charge in [0.2, 0.25) is 0 Å². The summed E-state index contributed by atoms with van der Waals surface area (Å²) in [4.78, 5) is 34.7. The van der Waals surface area contributed by atoms with Gasteiger partial charge in [-0.2, -0.15) is 0 Å². The Morgan fingerprint density at radius 1 is 0.846 bits per heavy atom. The molecule has 7 heteroatoms. The molecule has 0 aliphatic carbocycles. The highest BCUT2D eigenvalue weighted by Crippen LogP contribution is 2.05. The van der Waals surface area contributed by atoms with Crippen LogP contribution in [0.5, 0.6) is 0 Å². The third-order valence-electron chi connectivity index (χ3n) is 3.38. The van der Waals surface area contributed by atoms with Crippen molar-refractivity contribution >= 4 is 18.0 Å². The summed E-state index contributed by atoms with van der Waals surface area (Å²) in [5.74, 6) is -2.37. The average molecular weight is 356 g/mol. The van der Waals surface area contributed by atoms with Crippen molar-refractivity contribution in [1.82, 2.24) is 5.32 Å². The Morgan fingerprint density at radius 3 is 1.85 bits per heavy atom. The number of carboxylic acids is 1. The molecule has 136 valence electrons. The van der Waals surface area contributed by atoms with E-state index in [1.54, 1.807) is 48.5 Å². The summed E-state index contributed by atoms with van der Waals surface area (Å²) in [7, 11) is 0. The van der Waals surface area contributed by atoms with E-state index in [-0.39, 0.29) is 13.2 Å². The molecule has 0 aliphatic heterocycles. The third-order valence-corrected chi connectivity index (χ3v) is 3.38. The lowest BCUT2D eigenvalue weighted by molar-refractivity contribution is -0.306. The van der Waals surface area contributed by atoms with Crippen LogP contribution in [0, 0.1) is 0 Å². The zero-order chi connectivity index (χ0) is 18.8. The number of ether oxygens (including phenoxy) is 2. The molecule has 1 N–H and O–H groups in total. The summed E-state index contributed by atoms with van der Waals surface area (Å²) in [5, 5.41) is 13.0. The van der Waals surface area contributed by atoms with E-state index in [4.69, 9.17) is 9.47 Å². The molecular weight excluding hydrogens is 338 g/mol. The molecule has 1 atom stereocenters. The second-order valence-corrected chi connectivity index (χ2v) is 5.43. The second kappa shape index (κ2) is 9.83. The van der Waals surface area contributed by atoms with Crippen LogP contribution in [0.3, 0.4) is 0 Å². The summed E-state index contributed by atoms with van der Waals surface area (Å²) in [6.07, 6.45) is -1.63. The number of carboxylic acid groups (broad SMARTS) is 1. The minimum Gasteiger partial charge on any atom is -0.550 e. The number of rotatable bonds is 8. The molecule has 0 spiro atoms. The summed E-state index contributed by atoms with van der Waals surface area (Å²) in [6, 6.07) is 16.4. The molecule has 2 aromatic carbocycles. The van der Waals surface area contributed by atoms with Crippen molar-refractivity contribution in [3.8, 4) is 0 Å². The highest BCUT2D eigenvalue weighted by Gasteiger charge is 2.23. The smallest absolute Gasteiger partial charge is 0.408 e. The summed E-state index contributed by atoms with van der Waals surface area (Å²) < 4.78 is 10.0. The number of hydrogen-bond donors (Lipinski definition) is 1. The first-order valence-corrected chi connectivity index (χ1v) is 7.92. The van der Waals surface area contributed by atoms with Crippen LogP contribution in [0.4, 0.5) is 4.79 Å². The van der Waals surface area contributed by atoms with Crippen LogP contribution in [0.2, 0.25) is 0 Å². The van der Waals surface area contributed by atoms with E-state index >= 15 is 0 Å². The van der Waals surface area contributed by atoms with Crippen LogP contribution in [0.15, 0.2) is 60.7 Å². The highest BCUT2D eigenvalue weighted by molar-refractivity contribution is 5.85. The predicted octanol–water partition coefficient (Wildman–Crippen LogP) is 1.16. The van der Waals surface area contributed by atoms with Gasteiger partial charge in [0.25, 0.3) is 0 Å². The molecule has 0 radical (unpaired) electrons. The fraction of sp³-hybridized carbons (Fsp3) is 0.211. The first-order valence-electron chi connectivity index (χ1n) is 7.92. The maximum absolute atomic E-state index is 12.1. The molecule has 7 nitrogen and oxygen atoms in total. The number of alkyl carbamates (subject to hydrolysis) is 1. The normalized spacial score (nSPS) is 11.2. The van der Waals surface area contributed by atoms with E-state index < -0.39 is 30.5 Å². The molecule has 1 amide bonds. The van der Waals surface area contributed by atoms with Crippen LogP contribution >= 0.6 is 0 Å². The Kier molecular flexibility index (Phi) is 7.17. The summed E-state index contributed by atoms with van der Waals surface area (Å²) >= 11 is 0. The van der Waals surface area contributed by atoms with Crippen LogP contribution < -0.4 is 10.4 Å². The van der Waals surface area contributed by atoms with E-state index in [9.17, 15) is 19.5 Å². The maximum atomic E-state index is 12.1. The fourth-order valence-corrected chi connectivity index (χ4v) is 2.10. The Morgan fingerprint density at radius 2 is 1.35 bits per heavy atom. The van der Waals surface area contributed by atoms with Crippen molar-refractivity contribution in [2.24, 2.45) is 0 Å². The van der Waals surface area contributed by atoms with Crippen molar-refractivity contribution in [2.75, 3.05) is 0 Å². The number of carbonyl (C=O) groups excluding carboxylic acids is 3. The zero-order valence-electron chi connectivity index (χ0n) is 13.9. The van der Waals surface area contributed by atoms with Crippen LogP contribution in [0.25, 0.3) is 0 Å². The number of aliphatic carboxylic acids is 1. The third kappa shape index (κ3) is 6.64. The molecule has 26 heavy (non-hydrogen) atoms. The first kappa shape index (κ1) is 19.0. The van der Waals surface area contributed by atoms with Gasteiger partial charge in [0.05, 0.1) is 0 Å². The molecule has 2 aromatic rings. The average Bonchev–Trinajstić information content (AvgIpc) is 2.65. The van der Waals surface area contributed by atoms with E-state index in [1.807, 2.05) is 12.1 Å². The molecule has 0 fully saturated rings. The molecule has 1 unspecified atom stereocenters. The quantitative estimate of drug-likeness (QED) is 0.712. The molecule has 0 heterocycles. The fourth-order valence-electron chi connectivity index (χ4n) is 2.10. The van der Waals surface area contributed by atoms with Gasteiger partial charge in [-0.25, -0.2) is 9.59 Å². The lowest BCUT2D eigenvalue weighted by Crippen LogP contribution is -2.45. The molecule has 0 saturated carbocycles. The minimum absolute atomic E-state index is 0.0101. The number of esters is 1. The van der Waals surface area contributed by atoms with Crippen LogP contribution in [-0.2, 0) is 32.3 Å². The van der Waals surface area contributed by atoms with E-state index in [0.29, 0.717) is 0 Å². The van der Waals surface area contributed by atoms with Crippen LogP contribution in [0.1, 0.15) is 17.5 Å². The molecule has 0 saturated heterocycles. The molecule has 2 rings (SSSR count). The van der Waals surface area contributed by atoms with Gasteiger partial charge in [-0.05, 0) is 11.1 Å². The molecular formula is C19H18NO6-. The van der Waals surface area contributed by atoms with Gasteiger partial charge in [-0.3, -0.25) is 0 Å². The summed E-state index contributed by atoms with van der Waals surface area (Å²) in [5.41, 5.74) is 1.49. The molecule has 0 bridgehead atoms. The van der Waals surface area contributed by atoms with Gasteiger partial charge in [-0.1, -0.05) is 60.7 Å². The SMILES string of the molecule is O=C([O-])CC(NC(=O)OCc1ccccc1)C(=O)OCc1ccccc1. The van der Waals surface area contributed by atoms with Crippen molar-refractivity contribution in [2.45, 2.75) is 25.7 Å².